The maximum Gasteiger partial charge on any atom is 0.240 e. The molecule has 0 aromatic heterocycles. The molecule has 0 spiro atoms. The van der Waals surface area contributed by atoms with Crippen molar-refractivity contribution < 1.29 is 14.3 Å². The zero-order valence-corrected chi connectivity index (χ0v) is 18.1. The highest BCUT2D eigenvalue weighted by molar-refractivity contribution is 6.35. The molecule has 0 unspecified atom stereocenters. The third-order valence-electron chi connectivity index (χ3n) is 4.54. The largest absolute Gasteiger partial charge is 0.492 e. The SMILES string of the molecule is C/C(=N\NC(=O)CCCOc1ccc(Cl)cc1Cl)c1cccc(NC(=O)C2CC2)c1. The van der Waals surface area contributed by atoms with Crippen molar-refractivity contribution in [2.45, 2.75) is 32.6 Å². The van der Waals surface area contributed by atoms with Gasteiger partial charge in [0.1, 0.15) is 5.75 Å². The van der Waals surface area contributed by atoms with Crippen molar-refractivity contribution in [3.05, 3.63) is 58.1 Å². The maximum atomic E-state index is 12.0. The van der Waals surface area contributed by atoms with Crippen molar-refractivity contribution in [3.63, 3.8) is 0 Å². The maximum absolute atomic E-state index is 12.0. The predicted octanol–water partition coefficient (Wildman–Crippen LogP) is 5.04. The van der Waals surface area contributed by atoms with E-state index < -0.39 is 0 Å². The molecule has 1 aliphatic rings. The Hall–Kier alpha value is -2.57. The van der Waals surface area contributed by atoms with Crippen LogP contribution in [0.5, 0.6) is 5.75 Å². The van der Waals surface area contributed by atoms with E-state index in [2.05, 4.69) is 15.8 Å². The number of anilines is 1. The third-order valence-corrected chi connectivity index (χ3v) is 5.07. The van der Waals surface area contributed by atoms with Crippen LogP contribution in [0.3, 0.4) is 0 Å². The minimum atomic E-state index is -0.210. The van der Waals surface area contributed by atoms with Crippen molar-refractivity contribution in [2.24, 2.45) is 11.0 Å². The van der Waals surface area contributed by atoms with Crippen LogP contribution in [0, 0.1) is 5.92 Å². The van der Waals surface area contributed by atoms with Gasteiger partial charge in [0.2, 0.25) is 11.8 Å². The summed E-state index contributed by atoms with van der Waals surface area (Å²) in [6.07, 6.45) is 2.69. The molecule has 0 atom stereocenters. The Kier molecular flexibility index (Phi) is 7.71. The highest BCUT2D eigenvalue weighted by atomic mass is 35.5. The Morgan fingerprint density at radius 3 is 2.70 bits per heavy atom. The van der Waals surface area contributed by atoms with Gasteiger partial charge in [0, 0.05) is 23.0 Å². The second-order valence-electron chi connectivity index (χ2n) is 7.10. The van der Waals surface area contributed by atoms with Gasteiger partial charge in [-0.25, -0.2) is 5.43 Å². The minimum Gasteiger partial charge on any atom is -0.492 e. The zero-order valence-electron chi connectivity index (χ0n) is 16.6. The van der Waals surface area contributed by atoms with E-state index in [9.17, 15) is 9.59 Å². The third kappa shape index (κ3) is 6.75. The number of carbonyl (C=O) groups is 2. The van der Waals surface area contributed by atoms with Crippen LogP contribution in [0.1, 0.15) is 38.2 Å². The number of hydrogen-bond acceptors (Lipinski definition) is 4. The van der Waals surface area contributed by atoms with Crippen molar-refractivity contribution in [2.75, 3.05) is 11.9 Å². The zero-order chi connectivity index (χ0) is 21.5. The molecule has 0 saturated heterocycles. The van der Waals surface area contributed by atoms with Gasteiger partial charge in [-0.2, -0.15) is 5.10 Å². The number of amides is 2. The van der Waals surface area contributed by atoms with E-state index in [0.717, 1.165) is 24.1 Å². The summed E-state index contributed by atoms with van der Waals surface area (Å²) >= 11 is 11.9. The molecule has 0 radical (unpaired) electrons. The number of ether oxygens (including phenoxy) is 1. The van der Waals surface area contributed by atoms with Gasteiger partial charge >= 0.3 is 0 Å². The number of hydrogen-bond donors (Lipinski definition) is 2. The Labute approximate surface area is 185 Å². The lowest BCUT2D eigenvalue weighted by atomic mass is 10.1. The molecule has 0 aliphatic heterocycles. The van der Waals surface area contributed by atoms with E-state index in [4.69, 9.17) is 27.9 Å². The van der Waals surface area contributed by atoms with E-state index in [-0.39, 0.29) is 24.2 Å². The fourth-order valence-electron chi connectivity index (χ4n) is 2.69. The standard InChI is InChI=1S/C22H23Cl2N3O3/c1-14(16-4-2-5-18(12-16)25-22(29)15-7-8-15)26-27-21(28)6-3-11-30-20-10-9-17(23)13-19(20)24/h2,4-5,9-10,12-13,15H,3,6-8,11H2,1H3,(H,25,29)(H,27,28)/b26-14+. The molecule has 6 nitrogen and oxygen atoms in total. The van der Waals surface area contributed by atoms with Crippen LogP contribution in [0.2, 0.25) is 10.0 Å². The number of hydrazone groups is 1. The second-order valence-corrected chi connectivity index (χ2v) is 7.95. The number of halogens is 2. The van der Waals surface area contributed by atoms with Gasteiger partial charge in [0.05, 0.1) is 17.3 Å². The van der Waals surface area contributed by atoms with Crippen molar-refractivity contribution in [1.82, 2.24) is 5.43 Å². The predicted molar refractivity (Wildman–Crippen MR) is 119 cm³/mol. The van der Waals surface area contributed by atoms with Crippen LogP contribution in [0.4, 0.5) is 5.69 Å². The first-order valence-electron chi connectivity index (χ1n) is 9.74. The van der Waals surface area contributed by atoms with Crippen LogP contribution >= 0.6 is 23.2 Å². The van der Waals surface area contributed by atoms with Crippen LogP contribution in [-0.4, -0.2) is 24.1 Å². The van der Waals surface area contributed by atoms with Crippen molar-refractivity contribution >= 4 is 46.4 Å². The summed E-state index contributed by atoms with van der Waals surface area (Å²) in [7, 11) is 0. The summed E-state index contributed by atoms with van der Waals surface area (Å²) in [6, 6.07) is 12.4. The molecule has 0 bridgehead atoms. The van der Waals surface area contributed by atoms with Gasteiger partial charge in [0.25, 0.3) is 0 Å². The summed E-state index contributed by atoms with van der Waals surface area (Å²) in [4.78, 5) is 23.9. The average molecular weight is 448 g/mol. The fraction of sp³-hybridized carbons (Fsp3) is 0.318. The molecule has 30 heavy (non-hydrogen) atoms. The van der Waals surface area contributed by atoms with Crippen molar-refractivity contribution in [1.29, 1.82) is 0 Å². The average Bonchev–Trinajstić information content (AvgIpc) is 3.56. The molecule has 2 aromatic rings. The van der Waals surface area contributed by atoms with Gasteiger partial charge in [-0.3, -0.25) is 9.59 Å². The molecule has 1 saturated carbocycles. The number of carbonyl (C=O) groups excluding carboxylic acids is 2. The van der Waals surface area contributed by atoms with E-state index >= 15 is 0 Å². The van der Waals surface area contributed by atoms with Gasteiger partial charge < -0.3 is 10.1 Å². The highest BCUT2D eigenvalue weighted by Gasteiger charge is 2.29. The normalized spacial score (nSPS) is 13.6. The van der Waals surface area contributed by atoms with Gasteiger partial charge in [-0.05, 0) is 62.1 Å². The molecule has 0 heterocycles. The quantitative estimate of drug-likeness (QED) is 0.320. The lowest BCUT2D eigenvalue weighted by molar-refractivity contribution is -0.121. The summed E-state index contributed by atoms with van der Waals surface area (Å²) in [6.45, 7) is 2.15. The summed E-state index contributed by atoms with van der Waals surface area (Å²) in [5, 5.41) is 8.03. The molecular weight excluding hydrogens is 425 g/mol. The lowest BCUT2D eigenvalue weighted by Gasteiger charge is -2.08. The molecular formula is C22H23Cl2N3O3. The summed E-state index contributed by atoms with van der Waals surface area (Å²) in [5.74, 6) is 0.516. The lowest BCUT2D eigenvalue weighted by Crippen LogP contribution is -2.19. The number of nitrogens with one attached hydrogen (secondary N) is 2. The molecule has 158 valence electrons. The van der Waals surface area contributed by atoms with Crippen LogP contribution in [0.25, 0.3) is 0 Å². The second kappa shape index (κ2) is 10.5. The van der Waals surface area contributed by atoms with Crippen LogP contribution in [0.15, 0.2) is 47.6 Å². The first-order chi connectivity index (χ1) is 14.4. The molecule has 1 aliphatic carbocycles. The van der Waals surface area contributed by atoms with E-state index in [1.807, 2.05) is 24.3 Å². The molecule has 2 amide bonds. The van der Waals surface area contributed by atoms with Gasteiger partial charge in [-0.15, -0.1) is 0 Å². The number of nitrogens with zero attached hydrogens (tertiary/aromatic N) is 1. The van der Waals surface area contributed by atoms with Crippen LogP contribution < -0.4 is 15.5 Å². The number of benzene rings is 2. The summed E-state index contributed by atoms with van der Waals surface area (Å²) in [5.41, 5.74) is 4.75. The monoisotopic (exact) mass is 447 g/mol. The molecule has 8 heteroatoms. The van der Waals surface area contributed by atoms with E-state index in [0.29, 0.717) is 34.5 Å². The first-order valence-corrected chi connectivity index (χ1v) is 10.5. The first kappa shape index (κ1) is 22.1. The van der Waals surface area contributed by atoms with Crippen LogP contribution in [-0.2, 0) is 9.59 Å². The Morgan fingerprint density at radius 2 is 1.97 bits per heavy atom. The van der Waals surface area contributed by atoms with Crippen molar-refractivity contribution in [3.8, 4) is 5.75 Å². The Balaban J connectivity index is 1.43. The molecule has 2 N–H and O–H groups in total. The molecule has 3 rings (SSSR count). The molecule has 1 fully saturated rings. The van der Waals surface area contributed by atoms with Gasteiger partial charge in [0.15, 0.2) is 0 Å². The number of rotatable bonds is 9. The highest BCUT2D eigenvalue weighted by Crippen LogP contribution is 2.30. The topological polar surface area (TPSA) is 79.8 Å². The Morgan fingerprint density at radius 1 is 1.17 bits per heavy atom. The Bertz CT molecular complexity index is 958. The van der Waals surface area contributed by atoms with E-state index in [1.165, 1.54) is 0 Å². The minimum absolute atomic E-state index is 0.0529. The smallest absolute Gasteiger partial charge is 0.240 e. The molecule has 2 aromatic carbocycles. The fourth-order valence-corrected chi connectivity index (χ4v) is 3.15. The summed E-state index contributed by atoms with van der Waals surface area (Å²) < 4.78 is 5.56. The van der Waals surface area contributed by atoms with Gasteiger partial charge in [-0.1, -0.05) is 35.3 Å². The van der Waals surface area contributed by atoms with E-state index in [1.54, 1.807) is 25.1 Å².